The van der Waals surface area contributed by atoms with Crippen molar-refractivity contribution in [3.8, 4) is 11.5 Å². The van der Waals surface area contributed by atoms with Gasteiger partial charge in [-0.1, -0.05) is 12.1 Å². The lowest BCUT2D eigenvalue weighted by atomic mass is 10.2. The minimum Gasteiger partial charge on any atom is -0.493 e. The number of fused-ring (bicyclic) bond motifs is 1. The van der Waals surface area contributed by atoms with Gasteiger partial charge >= 0.3 is 6.03 Å². The van der Waals surface area contributed by atoms with Crippen LogP contribution in [0.1, 0.15) is 10.4 Å². The molecule has 1 aromatic heterocycles. The second-order valence-electron chi connectivity index (χ2n) is 7.15. The number of aliphatic hydroxyl groups is 1. The van der Waals surface area contributed by atoms with Gasteiger partial charge in [0, 0.05) is 30.4 Å². The van der Waals surface area contributed by atoms with Crippen LogP contribution < -0.4 is 19.7 Å². The van der Waals surface area contributed by atoms with E-state index in [0.29, 0.717) is 27.3 Å². The van der Waals surface area contributed by atoms with E-state index < -0.39 is 24.4 Å². The van der Waals surface area contributed by atoms with Gasteiger partial charge in [0.05, 0.1) is 30.6 Å². The first kappa shape index (κ1) is 24.9. The predicted octanol–water partition coefficient (Wildman–Crippen LogP) is 2.86. The number of amides is 4. The van der Waals surface area contributed by atoms with Crippen LogP contribution in [0.2, 0.25) is 0 Å². The maximum atomic E-state index is 14.0. The zero-order valence-electron chi connectivity index (χ0n) is 18.8. The average Bonchev–Trinajstić information content (AvgIpc) is 3.29. The zero-order valence-corrected chi connectivity index (χ0v) is 19.6. The summed E-state index contributed by atoms with van der Waals surface area (Å²) in [7, 11) is 4.21. The number of urea groups is 1. The standard InChI is InChI=1S/C23H24FN3O6S/c1-26(17-13-34-21-15(17)5-4-6-16(21)24)23(31)27(2)20(29)12-25-22(30)14-7-8-18(33-10-9-28)19(11-14)32-3/h4-8,11,13,28H,9-10,12H2,1-3H3,(H,25,30). The molecule has 34 heavy (non-hydrogen) atoms. The molecule has 11 heteroatoms. The molecule has 0 aliphatic rings. The van der Waals surface area contributed by atoms with E-state index in [1.54, 1.807) is 17.5 Å². The van der Waals surface area contributed by atoms with E-state index in [4.69, 9.17) is 14.6 Å². The summed E-state index contributed by atoms with van der Waals surface area (Å²) in [5, 5.41) is 13.6. The number of carbonyl (C=O) groups is 3. The number of halogens is 1. The normalized spacial score (nSPS) is 10.6. The summed E-state index contributed by atoms with van der Waals surface area (Å²) in [6.07, 6.45) is 0. The van der Waals surface area contributed by atoms with Crippen LogP contribution in [0.15, 0.2) is 41.8 Å². The van der Waals surface area contributed by atoms with E-state index in [0.717, 1.165) is 4.90 Å². The van der Waals surface area contributed by atoms with Crippen LogP contribution in [-0.4, -0.2) is 68.8 Å². The molecule has 4 amide bonds. The van der Waals surface area contributed by atoms with Crippen molar-refractivity contribution in [2.24, 2.45) is 0 Å². The molecule has 0 atom stereocenters. The number of nitrogens with one attached hydrogen (secondary N) is 1. The molecule has 0 fully saturated rings. The number of likely N-dealkylation sites (N-methyl/N-ethyl adjacent to an activating group) is 1. The van der Waals surface area contributed by atoms with Crippen LogP contribution in [0.3, 0.4) is 0 Å². The van der Waals surface area contributed by atoms with Gasteiger partial charge < -0.3 is 19.9 Å². The van der Waals surface area contributed by atoms with Crippen molar-refractivity contribution in [2.45, 2.75) is 0 Å². The van der Waals surface area contributed by atoms with Crippen LogP contribution in [0.5, 0.6) is 11.5 Å². The van der Waals surface area contributed by atoms with Crippen molar-refractivity contribution in [1.82, 2.24) is 10.2 Å². The monoisotopic (exact) mass is 489 g/mol. The quantitative estimate of drug-likeness (QED) is 0.504. The molecule has 0 aliphatic heterocycles. The molecule has 0 unspecified atom stereocenters. The molecule has 0 radical (unpaired) electrons. The Morgan fingerprint density at radius 1 is 1.15 bits per heavy atom. The maximum Gasteiger partial charge on any atom is 0.330 e. The van der Waals surface area contributed by atoms with Gasteiger partial charge in [-0.05, 0) is 24.3 Å². The molecule has 2 N–H and O–H groups in total. The number of rotatable bonds is 8. The molecule has 0 aliphatic carbocycles. The molecule has 180 valence electrons. The van der Waals surface area contributed by atoms with E-state index in [9.17, 15) is 18.8 Å². The van der Waals surface area contributed by atoms with Crippen molar-refractivity contribution in [3.05, 3.63) is 53.2 Å². The highest BCUT2D eigenvalue weighted by molar-refractivity contribution is 7.17. The first-order valence-electron chi connectivity index (χ1n) is 10.2. The number of anilines is 1. The molecule has 0 saturated heterocycles. The fraction of sp³-hybridized carbons (Fsp3) is 0.261. The lowest BCUT2D eigenvalue weighted by Gasteiger charge is -2.23. The number of carbonyl (C=O) groups excluding carboxylic acids is 3. The average molecular weight is 490 g/mol. The number of hydrogen-bond acceptors (Lipinski definition) is 7. The Morgan fingerprint density at radius 2 is 1.91 bits per heavy atom. The number of hydrogen-bond donors (Lipinski definition) is 2. The molecular weight excluding hydrogens is 465 g/mol. The summed E-state index contributed by atoms with van der Waals surface area (Å²) in [6.45, 7) is -0.519. The minimum absolute atomic E-state index is 0.0708. The molecule has 0 saturated carbocycles. The third-order valence-electron chi connectivity index (χ3n) is 5.02. The fourth-order valence-electron chi connectivity index (χ4n) is 3.16. The highest BCUT2D eigenvalue weighted by Gasteiger charge is 2.24. The number of aliphatic hydroxyl groups excluding tert-OH is 1. The highest BCUT2D eigenvalue weighted by atomic mass is 32.1. The van der Waals surface area contributed by atoms with E-state index in [1.165, 1.54) is 61.7 Å². The lowest BCUT2D eigenvalue weighted by Crippen LogP contribution is -2.46. The van der Waals surface area contributed by atoms with Crippen molar-refractivity contribution >= 4 is 45.0 Å². The smallest absolute Gasteiger partial charge is 0.330 e. The number of thiophene rings is 1. The highest BCUT2D eigenvalue weighted by Crippen LogP contribution is 2.34. The number of imide groups is 1. The second kappa shape index (κ2) is 10.9. The van der Waals surface area contributed by atoms with Gasteiger partial charge in [-0.3, -0.25) is 19.4 Å². The van der Waals surface area contributed by atoms with E-state index in [-0.39, 0.29) is 24.6 Å². The Morgan fingerprint density at radius 3 is 2.62 bits per heavy atom. The summed E-state index contributed by atoms with van der Waals surface area (Å²) in [5.74, 6) is -0.912. The first-order valence-corrected chi connectivity index (χ1v) is 11.1. The van der Waals surface area contributed by atoms with Gasteiger partial charge in [-0.2, -0.15) is 0 Å². The van der Waals surface area contributed by atoms with Gasteiger partial charge in [0.15, 0.2) is 11.5 Å². The predicted molar refractivity (Wildman–Crippen MR) is 126 cm³/mol. The molecule has 2 aromatic carbocycles. The summed E-state index contributed by atoms with van der Waals surface area (Å²) in [6, 6.07) is 8.41. The fourth-order valence-corrected chi connectivity index (χ4v) is 4.16. The zero-order chi connectivity index (χ0) is 24.8. The Balaban J connectivity index is 1.63. The Hall–Kier alpha value is -3.70. The molecule has 0 bridgehead atoms. The van der Waals surface area contributed by atoms with Gasteiger partial charge in [-0.25, -0.2) is 9.18 Å². The number of ether oxygens (including phenoxy) is 2. The third kappa shape index (κ3) is 5.26. The summed E-state index contributed by atoms with van der Waals surface area (Å²) in [5.41, 5.74) is 0.697. The minimum atomic E-state index is -0.634. The number of nitrogens with zero attached hydrogens (tertiary/aromatic N) is 2. The van der Waals surface area contributed by atoms with Crippen molar-refractivity contribution < 1.29 is 33.4 Å². The van der Waals surface area contributed by atoms with Crippen molar-refractivity contribution in [1.29, 1.82) is 0 Å². The van der Waals surface area contributed by atoms with E-state index in [1.807, 2.05) is 0 Å². The Labute approximate surface area is 199 Å². The van der Waals surface area contributed by atoms with Crippen LogP contribution in [0.4, 0.5) is 14.9 Å². The second-order valence-corrected chi connectivity index (χ2v) is 8.03. The van der Waals surface area contributed by atoms with Gasteiger partial charge in [-0.15, -0.1) is 11.3 Å². The van der Waals surface area contributed by atoms with Crippen LogP contribution in [-0.2, 0) is 4.79 Å². The number of methoxy groups -OCH3 is 1. The van der Waals surface area contributed by atoms with Gasteiger partial charge in [0.2, 0.25) is 5.91 Å². The summed E-state index contributed by atoms with van der Waals surface area (Å²) >= 11 is 1.17. The van der Waals surface area contributed by atoms with Gasteiger partial charge in [0.25, 0.3) is 5.91 Å². The van der Waals surface area contributed by atoms with E-state index >= 15 is 0 Å². The molecule has 0 spiro atoms. The van der Waals surface area contributed by atoms with E-state index in [2.05, 4.69) is 5.32 Å². The SMILES string of the molecule is COc1cc(C(=O)NCC(=O)N(C)C(=O)N(C)c2csc3c(F)cccc23)ccc1OCCO. The molecular formula is C23H24FN3O6S. The summed E-state index contributed by atoms with van der Waals surface area (Å²) < 4.78 is 24.9. The molecule has 3 aromatic rings. The number of benzene rings is 2. The maximum absolute atomic E-state index is 14.0. The first-order chi connectivity index (χ1) is 16.3. The van der Waals surface area contributed by atoms with Crippen LogP contribution >= 0.6 is 11.3 Å². The van der Waals surface area contributed by atoms with Crippen molar-refractivity contribution in [3.63, 3.8) is 0 Å². The lowest BCUT2D eigenvalue weighted by molar-refractivity contribution is -0.126. The van der Waals surface area contributed by atoms with Gasteiger partial charge in [0.1, 0.15) is 12.4 Å². The third-order valence-corrected chi connectivity index (χ3v) is 6.01. The summed E-state index contributed by atoms with van der Waals surface area (Å²) in [4.78, 5) is 40.0. The Bertz CT molecular complexity index is 1210. The van der Waals surface area contributed by atoms with Crippen molar-refractivity contribution in [2.75, 3.05) is 45.9 Å². The molecule has 3 rings (SSSR count). The molecule has 1 heterocycles. The largest absolute Gasteiger partial charge is 0.493 e. The van der Waals surface area contributed by atoms with Crippen LogP contribution in [0.25, 0.3) is 10.1 Å². The molecule has 9 nitrogen and oxygen atoms in total. The Kier molecular flexibility index (Phi) is 8.03. The van der Waals surface area contributed by atoms with Crippen LogP contribution in [0, 0.1) is 5.82 Å². The topological polar surface area (TPSA) is 108 Å².